The van der Waals surface area contributed by atoms with E-state index in [0.717, 1.165) is 5.69 Å². The van der Waals surface area contributed by atoms with Gasteiger partial charge < -0.3 is 0 Å². The third-order valence-electron chi connectivity index (χ3n) is 2.56. The van der Waals surface area contributed by atoms with Crippen LogP contribution in [0.25, 0.3) is 0 Å². The maximum atomic E-state index is 11.5. The van der Waals surface area contributed by atoms with Crippen molar-refractivity contribution >= 4 is 10.0 Å². The molecule has 0 bridgehead atoms. The molecule has 1 aromatic heterocycles. The maximum absolute atomic E-state index is 11.5. The van der Waals surface area contributed by atoms with Gasteiger partial charge in [0.2, 0.25) is 10.0 Å². The fourth-order valence-electron chi connectivity index (χ4n) is 1.77. The van der Waals surface area contributed by atoms with Crippen molar-refractivity contribution in [3.05, 3.63) is 17.5 Å². The van der Waals surface area contributed by atoms with E-state index in [9.17, 15) is 8.42 Å². The number of aryl methyl sites for hydroxylation is 1. The zero-order valence-electron chi connectivity index (χ0n) is 8.92. The lowest BCUT2D eigenvalue weighted by molar-refractivity contribution is 0.414. The molecule has 0 unspecified atom stereocenters. The van der Waals surface area contributed by atoms with Crippen molar-refractivity contribution < 1.29 is 8.42 Å². The molecule has 1 aliphatic heterocycles. The molecule has 6 nitrogen and oxygen atoms in total. The molecule has 0 atom stereocenters. The fourth-order valence-corrected chi connectivity index (χ4v) is 2.60. The Morgan fingerprint density at radius 1 is 1.50 bits per heavy atom. The van der Waals surface area contributed by atoms with Gasteiger partial charge >= 0.3 is 0 Å². The van der Waals surface area contributed by atoms with Gasteiger partial charge in [-0.15, -0.1) is 0 Å². The Balaban J connectivity index is 2.34. The van der Waals surface area contributed by atoms with Gasteiger partial charge in [-0.3, -0.25) is 4.68 Å². The standard InChI is InChI=1S/C9H12N4O2S/c1-16(14,15)12-3-2-4-13-9(7-12)5-8(6-10)11-13/h5H,2-4,7H2,1H3. The molecular weight excluding hydrogens is 228 g/mol. The van der Waals surface area contributed by atoms with Crippen LogP contribution in [-0.2, 0) is 23.1 Å². The molecule has 0 spiro atoms. The van der Waals surface area contributed by atoms with E-state index in [4.69, 9.17) is 5.26 Å². The summed E-state index contributed by atoms with van der Waals surface area (Å²) in [7, 11) is -3.18. The van der Waals surface area contributed by atoms with Crippen molar-refractivity contribution in [3.63, 3.8) is 0 Å². The highest BCUT2D eigenvalue weighted by molar-refractivity contribution is 7.88. The zero-order chi connectivity index (χ0) is 11.8. The number of nitriles is 1. The molecule has 2 heterocycles. The van der Waals surface area contributed by atoms with E-state index in [0.29, 0.717) is 31.7 Å². The van der Waals surface area contributed by atoms with Crippen molar-refractivity contribution in [2.75, 3.05) is 12.8 Å². The Kier molecular flexibility index (Phi) is 2.69. The van der Waals surface area contributed by atoms with Crippen LogP contribution in [0.5, 0.6) is 0 Å². The van der Waals surface area contributed by atoms with Gasteiger partial charge in [0.05, 0.1) is 18.5 Å². The highest BCUT2D eigenvalue weighted by Gasteiger charge is 2.22. The van der Waals surface area contributed by atoms with Crippen molar-refractivity contribution in [1.82, 2.24) is 14.1 Å². The second-order valence-electron chi connectivity index (χ2n) is 3.81. The third-order valence-corrected chi connectivity index (χ3v) is 3.81. The van der Waals surface area contributed by atoms with Gasteiger partial charge in [-0.25, -0.2) is 8.42 Å². The Morgan fingerprint density at radius 2 is 2.25 bits per heavy atom. The number of hydrogen-bond donors (Lipinski definition) is 0. The molecule has 2 rings (SSSR count). The number of sulfonamides is 1. The van der Waals surface area contributed by atoms with Crippen LogP contribution < -0.4 is 0 Å². The molecule has 0 amide bonds. The molecule has 0 saturated heterocycles. The van der Waals surface area contributed by atoms with E-state index in [1.807, 2.05) is 6.07 Å². The van der Waals surface area contributed by atoms with Gasteiger partial charge in [0, 0.05) is 13.1 Å². The lowest BCUT2D eigenvalue weighted by Gasteiger charge is -2.16. The Labute approximate surface area is 94.1 Å². The van der Waals surface area contributed by atoms with Crippen LogP contribution in [0.15, 0.2) is 6.07 Å². The molecular formula is C9H12N4O2S. The molecule has 0 N–H and O–H groups in total. The second kappa shape index (κ2) is 3.88. The number of aromatic nitrogens is 2. The predicted molar refractivity (Wildman–Crippen MR) is 56.8 cm³/mol. The summed E-state index contributed by atoms with van der Waals surface area (Å²) < 4.78 is 26.0. The Hall–Kier alpha value is -1.39. The number of fused-ring (bicyclic) bond motifs is 1. The number of nitrogens with zero attached hydrogens (tertiary/aromatic N) is 4. The number of hydrogen-bond acceptors (Lipinski definition) is 4. The molecule has 0 radical (unpaired) electrons. The van der Waals surface area contributed by atoms with Crippen LogP contribution in [0.1, 0.15) is 17.8 Å². The van der Waals surface area contributed by atoms with E-state index >= 15 is 0 Å². The molecule has 1 aromatic rings. The molecule has 0 saturated carbocycles. The lowest BCUT2D eigenvalue weighted by atomic mass is 10.3. The van der Waals surface area contributed by atoms with Crippen molar-refractivity contribution in [1.29, 1.82) is 5.26 Å². The monoisotopic (exact) mass is 240 g/mol. The lowest BCUT2D eigenvalue weighted by Crippen LogP contribution is -2.29. The van der Waals surface area contributed by atoms with Crippen molar-refractivity contribution in [2.45, 2.75) is 19.5 Å². The minimum absolute atomic E-state index is 0.299. The van der Waals surface area contributed by atoms with Crippen LogP contribution in [0, 0.1) is 11.3 Å². The van der Waals surface area contributed by atoms with Crippen LogP contribution in [0.4, 0.5) is 0 Å². The summed E-state index contributed by atoms with van der Waals surface area (Å²) in [5, 5.41) is 12.8. The zero-order valence-corrected chi connectivity index (χ0v) is 9.74. The Bertz CT molecular complexity index is 540. The van der Waals surface area contributed by atoms with Gasteiger partial charge in [-0.1, -0.05) is 0 Å². The number of rotatable bonds is 1. The average Bonchev–Trinajstić information content (AvgIpc) is 2.48. The minimum Gasteiger partial charge on any atom is -0.267 e. The first-order valence-corrected chi connectivity index (χ1v) is 6.77. The summed E-state index contributed by atoms with van der Waals surface area (Å²) in [6.07, 6.45) is 1.91. The van der Waals surface area contributed by atoms with E-state index in [-0.39, 0.29) is 0 Å². The minimum atomic E-state index is -3.18. The Morgan fingerprint density at radius 3 is 2.88 bits per heavy atom. The van der Waals surface area contributed by atoms with Crippen LogP contribution in [-0.4, -0.2) is 35.3 Å². The average molecular weight is 240 g/mol. The summed E-state index contributed by atoms with van der Waals surface area (Å²) in [6, 6.07) is 3.60. The predicted octanol–water partition coefficient (Wildman–Crippen LogP) is -0.0799. The van der Waals surface area contributed by atoms with Crippen molar-refractivity contribution in [3.8, 4) is 6.07 Å². The molecule has 86 valence electrons. The second-order valence-corrected chi connectivity index (χ2v) is 5.79. The first kappa shape index (κ1) is 11.1. The quantitative estimate of drug-likeness (QED) is 0.687. The van der Waals surface area contributed by atoms with Crippen molar-refractivity contribution in [2.24, 2.45) is 0 Å². The molecule has 7 heteroatoms. The highest BCUT2D eigenvalue weighted by Crippen LogP contribution is 2.15. The SMILES string of the molecule is CS(=O)(=O)N1CCCn2nc(C#N)cc2C1. The summed E-state index contributed by atoms with van der Waals surface area (Å²) in [4.78, 5) is 0. The maximum Gasteiger partial charge on any atom is 0.211 e. The molecule has 16 heavy (non-hydrogen) atoms. The largest absolute Gasteiger partial charge is 0.267 e. The summed E-state index contributed by atoms with van der Waals surface area (Å²) in [6.45, 7) is 1.46. The van der Waals surface area contributed by atoms with Gasteiger partial charge in [0.25, 0.3) is 0 Å². The first-order valence-electron chi connectivity index (χ1n) is 4.92. The third kappa shape index (κ3) is 2.08. The van der Waals surface area contributed by atoms with E-state index in [2.05, 4.69) is 5.10 Å². The topological polar surface area (TPSA) is 79.0 Å². The van der Waals surface area contributed by atoms with E-state index in [1.54, 1.807) is 10.7 Å². The molecule has 1 aliphatic rings. The fraction of sp³-hybridized carbons (Fsp3) is 0.556. The van der Waals surface area contributed by atoms with E-state index < -0.39 is 10.0 Å². The smallest absolute Gasteiger partial charge is 0.211 e. The van der Waals surface area contributed by atoms with Crippen LogP contribution in [0.3, 0.4) is 0 Å². The summed E-state index contributed by atoms with van der Waals surface area (Å²) in [5.74, 6) is 0. The normalized spacial score (nSPS) is 17.5. The molecule has 0 fully saturated rings. The van der Waals surface area contributed by atoms with Gasteiger partial charge in [0.15, 0.2) is 5.69 Å². The van der Waals surface area contributed by atoms with E-state index in [1.165, 1.54) is 10.6 Å². The van der Waals surface area contributed by atoms with Crippen LogP contribution >= 0.6 is 0 Å². The summed E-state index contributed by atoms with van der Waals surface area (Å²) >= 11 is 0. The van der Waals surface area contributed by atoms with Gasteiger partial charge in [0.1, 0.15) is 6.07 Å². The summed E-state index contributed by atoms with van der Waals surface area (Å²) in [5.41, 5.74) is 1.12. The van der Waals surface area contributed by atoms with Gasteiger partial charge in [-0.05, 0) is 12.5 Å². The van der Waals surface area contributed by atoms with Crippen LogP contribution in [0.2, 0.25) is 0 Å². The molecule has 0 aliphatic carbocycles. The molecule has 0 aromatic carbocycles. The highest BCUT2D eigenvalue weighted by atomic mass is 32.2. The first-order chi connectivity index (χ1) is 7.50. The van der Waals surface area contributed by atoms with Gasteiger partial charge in [-0.2, -0.15) is 14.7 Å².